The number of ether oxygens (including phenoxy) is 1. The first kappa shape index (κ1) is 16.1. The number of benzene rings is 2. The Balaban J connectivity index is 1.62. The summed E-state index contributed by atoms with van der Waals surface area (Å²) in [6.45, 7) is 2.23. The second-order valence-corrected chi connectivity index (χ2v) is 6.04. The van der Waals surface area contributed by atoms with E-state index in [0.717, 1.165) is 33.6 Å². The van der Waals surface area contributed by atoms with E-state index >= 15 is 0 Å². The fourth-order valence-corrected chi connectivity index (χ4v) is 3.10. The number of carbonyl (C=O) groups excluding carboxylic acids is 1. The highest BCUT2D eigenvalue weighted by atomic mass is 16.5. The Labute approximate surface area is 150 Å². The fraction of sp³-hybridized carbons (Fsp3) is 0.150. The highest BCUT2D eigenvalue weighted by Gasteiger charge is 2.12. The maximum atomic E-state index is 12.6. The van der Waals surface area contributed by atoms with E-state index in [4.69, 9.17) is 4.74 Å². The monoisotopic (exact) mass is 346 g/mol. The average Bonchev–Trinajstić information content (AvgIpc) is 3.06. The molecule has 0 radical (unpaired) electrons. The summed E-state index contributed by atoms with van der Waals surface area (Å²) in [5.74, 6) is 1.34. The summed E-state index contributed by atoms with van der Waals surface area (Å²) in [6.07, 6.45) is 1.75. The normalized spacial score (nSPS) is 11.0. The Hall–Kier alpha value is -3.41. The number of aryl methyl sites for hydroxylation is 1. The minimum Gasteiger partial charge on any atom is -0.496 e. The standard InChI is InChI=1S/C20H18N4O2/c1-13-22-23-19-10-8-15(12-24(13)19)20(25)21-11-17-16-6-4-3-5-14(16)7-9-18(17)26-2/h3-10,12H,11H2,1-2H3,(H,21,25). The van der Waals surface area contributed by atoms with Crippen LogP contribution in [0.3, 0.4) is 0 Å². The predicted molar refractivity (Wildman–Crippen MR) is 99.4 cm³/mol. The maximum absolute atomic E-state index is 12.6. The zero-order valence-electron chi connectivity index (χ0n) is 14.6. The van der Waals surface area contributed by atoms with E-state index in [0.29, 0.717) is 12.1 Å². The van der Waals surface area contributed by atoms with Crippen LogP contribution in [0.4, 0.5) is 0 Å². The van der Waals surface area contributed by atoms with Crippen LogP contribution in [0.15, 0.2) is 54.7 Å². The van der Waals surface area contributed by atoms with Crippen molar-refractivity contribution in [3.8, 4) is 5.75 Å². The summed E-state index contributed by atoms with van der Waals surface area (Å²) in [4.78, 5) is 12.6. The van der Waals surface area contributed by atoms with Gasteiger partial charge < -0.3 is 10.1 Å². The molecule has 0 atom stereocenters. The highest BCUT2D eigenvalue weighted by molar-refractivity contribution is 5.95. The largest absolute Gasteiger partial charge is 0.496 e. The quantitative estimate of drug-likeness (QED) is 0.616. The molecule has 0 aliphatic rings. The van der Waals surface area contributed by atoms with Crippen molar-refractivity contribution in [2.24, 2.45) is 0 Å². The lowest BCUT2D eigenvalue weighted by atomic mass is 10.0. The van der Waals surface area contributed by atoms with Crippen LogP contribution in [0.1, 0.15) is 21.7 Å². The number of fused-ring (bicyclic) bond motifs is 2. The van der Waals surface area contributed by atoms with E-state index in [-0.39, 0.29) is 5.91 Å². The fourth-order valence-electron chi connectivity index (χ4n) is 3.10. The number of aromatic nitrogens is 3. The molecule has 6 heteroatoms. The third-order valence-electron chi connectivity index (χ3n) is 4.48. The molecule has 6 nitrogen and oxygen atoms in total. The lowest BCUT2D eigenvalue weighted by Gasteiger charge is -2.13. The number of carbonyl (C=O) groups is 1. The van der Waals surface area contributed by atoms with Gasteiger partial charge in [-0.3, -0.25) is 9.20 Å². The molecule has 0 aliphatic carbocycles. The molecule has 0 unspecified atom stereocenters. The van der Waals surface area contributed by atoms with Gasteiger partial charge in [0.1, 0.15) is 11.6 Å². The van der Waals surface area contributed by atoms with Crippen molar-refractivity contribution in [3.63, 3.8) is 0 Å². The lowest BCUT2D eigenvalue weighted by molar-refractivity contribution is 0.0950. The number of hydrogen-bond donors (Lipinski definition) is 1. The molecule has 2 heterocycles. The molecular formula is C20H18N4O2. The Morgan fingerprint density at radius 1 is 1.12 bits per heavy atom. The van der Waals surface area contributed by atoms with Gasteiger partial charge in [0.15, 0.2) is 5.65 Å². The van der Waals surface area contributed by atoms with Crippen molar-refractivity contribution in [1.29, 1.82) is 0 Å². The average molecular weight is 346 g/mol. The first-order chi connectivity index (χ1) is 12.7. The smallest absolute Gasteiger partial charge is 0.253 e. The number of nitrogens with one attached hydrogen (secondary N) is 1. The van der Waals surface area contributed by atoms with Crippen LogP contribution in [-0.2, 0) is 6.54 Å². The summed E-state index contributed by atoms with van der Waals surface area (Å²) < 4.78 is 7.28. The molecule has 4 aromatic rings. The first-order valence-corrected chi connectivity index (χ1v) is 8.31. The maximum Gasteiger partial charge on any atom is 0.253 e. The van der Waals surface area contributed by atoms with Crippen LogP contribution in [0, 0.1) is 6.92 Å². The Kier molecular flexibility index (Phi) is 4.01. The molecule has 1 amide bonds. The molecule has 130 valence electrons. The van der Waals surface area contributed by atoms with Gasteiger partial charge in [-0.15, -0.1) is 10.2 Å². The highest BCUT2D eigenvalue weighted by Crippen LogP contribution is 2.27. The third-order valence-corrected chi connectivity index (χ3v) is 4.48. The molecule has 0 spiro atoms. The number of rotatable bonds is 4. The Morgan fingerprint density at radius 3 is 2.81 bits per heavy atom. The van der Waals surface area contributed by atoms with Crippen LogP contribution in [-0.4, -0.2) is 27.6 Å². The second-order valence-electron chi connectivity index (χ2n) is 6.04. The van der Waals surface area contributed by atoms with Gasteiger partial charge >= 0.3 is 0 Å². The molecular weight excluding hydrogens is 328 g/mol. The molecule has 0 fully saturated rings. The number of pyridine rings is 1. The zero-order valence-corrected chi connectivity index (χ0v) is 14.6. The van der Waals surface area contributed by atoms with E-state index in [2.05, 4.69) is 15.5 Å². The SMILES string of the molecule is COc1ccc2ccccc2c1CNC(=O)c1ccc2nnc(C)n2c1. The van der Waals surface area contributed by atoms with Gasteiger partial charge in [-0.05, 0) is 35.9 Å². The summed E-state index contributed by atoms with van der Waals surface area (Å²) in [6, 6.07) is 15.5. The van der Waals surface area contributed by atoms with E-state index in [1.165, 1.54) is 0 Å². The van der Waals surface area contributed by atoms with Crippen molar-refractivity contribution >= 4 is 22.3 Å². The molecule has 2 aromatic heterocycles. The van der Waals surface area contributed by atoms with Crippen LogP contribution in [0.25, 0.3) is 16.4 Å². The van der Waals surface area contributed by atoms with Gasteiger partial charge in [0, 0.05) is 18.3 Å². The molecule has 0 aliphatic heterocycles. The molecule has 0 bridgehead atoms. The Morgan fingerprint density at radius 2 is 1.96 bits per heavy atom. The molecule has 0 saturated carbocycles. The van der Waals surface area contributed by atoms with Gasteiger partial charge in [-0.2, -0.15) is 0 Å². The van der Waals surface area contributed by atoms with Crippen molar-refractivity contribution in [2.45, 2.75) is 13.5 Å². The summed E-state index contributed by atoms with van der Waals surface area (Å²) >= 11 is 0. The van der Waals surface area contributed by atoms with Crippen LogP contribution in [0.5, 0.6) is 5.75 Å². The molecule has 0 saturated heterocycles. The van der Waals surface area contributed by atoms with Gasteiger partial charge in [0.2, 0.25) is 0 Å². The van der Waals surface area contributed by atoms with E-state index in [1.54, 1.807) is 29.8 Å². The van der Waals surface area contributed by atoms with Crippen LogP contribution < -0.4 is 10.1 Å². The number of amides is 1. The van der Waals surface area contributed by atoms with Crippen molar-refractivity contribution in [1.82, 2.24) is 19.9 Å². The molecule has 2 aromatic carbocycles. The lowest BCUT2D eigenvalue weighted by Crippen LogP contribution is -2.23. The number of methoxy groups -OCH3 is 1. The predicted octanol–water partition coefficient (Wildman–Crippen LogP) is 3.13. The van der Waals surface area contributed by atoms with Crippen molar-refractivity contribution in [3.05, 3.63) is 71.7 Å². The van der Waals surface area contributed by atoms with E-state index in [1.807, 2.05) is 43.3 Å². The topological polar surface area (TPSA) is 68.5 Å². The molecule has 26 heavy (non-hydrogen) atoms. The summed E-state index contributed by atoms with van der Waals surface area (Å²) in [7, 11) is 1.64. The second kappa shape index (κ2) is 6.48. The van der Waals surface area contributed by atoms with Crippen molar-refractivity contribution < 1.29 is 9.53 Å². The van der Waals surface area contributed by atoms with Crippen molar-refractivity contribution in [2.75, 3.05) is 7.11 Å². The Bertz CT molecular complexity index is 1120. The molecule has 1 N–H and O–H groups in total. The minimum absolute atomic E-state index is 0.157. The van der Waals surface area contributed by atoms with Gasteiger partial charge in [-0.1, -0.05) is 30.3 Å². The van der Waals surface area contributed by atoms with Crippen LogP contribution in [0.2, 0.25) is 0 Å². The first-order valence-electron chi connectivity index (χ1n) is 8.31. The van der Waals surface area contributed by atoms with E-state index < -0.39 is 0 Å². The minimum atomic E-state index is -0.157. The van der Waals surface area contributed by atoms with E-state index in [9.17, 15) is 4.79 Å². The summed E-state index contributed by atoms with van der Waals surface area (Å²) in [5, 5.41) is 13.2. The molecule has 4 rings (SSSR count). The van der Waals surface area contributed by atoms with Crippen LogP contribution >= 0.6 is 0 Å². The van der Waals surface area contributed by atoms with Gasteiger partial charge in [0.25, 0.3) is 5.91 Å². The number of nitrogens with zero attached hydrogens (tertiary/aromatic N) is 3. The number of hydrogen-bond acceptors (Lipinski definition) is 4. The third kappa shape index (κ3) is 2.75. The summed E-state index contributed by atoms with van der Waals surface area (Å²) in [5.41, 5.74) is 2.23. The van der Waals surface area contributed by atoms with Gasteiger partial charge in [0.05, 0.1) is 12.7 Å². The van der Waals surface area contributed by atoms with Gasteiger partial charge in [-0.25, -0.2) is 0 Å². The zero-order chi connectivity index (χ0) is 18.1.